The van der Waals surface area contributed by atoms with Gasteiger partial charge in [0.1, 0.15) is 10.8 Å². The van der Waals surface area contributed by atoms with Gasteiger partial charge in [0.15, 0.2) is 0 Å². The van der Waals surface area contributed by atoms with E-state index >= 15 is 0 Å². The van der Waals surface area contributed by atoms with E-state index < -0.39 is 0 Å². The van der Waals surface area contributed by atoms with Crippen LogP contribution in [0.15, 0.2) is 66.7 Å². The lowest BCUT2D eigenvalue weighted by molar-refractivity contribution is -0.115. The van der Waals surface area contributed by atoms with Crippen LogP contribution in [0.25, 0.3) is 10.8 Å². The Labute approximate surface area is 228 Å². The van der Waals surface area contributed by atoms with Crippen molar-refractivity contribution in [3.05, 3.63) is 88.3 Å². The maximum Gasteiger partial charge on any atom is 0.258 e. The number of anilines is 2. The highest BCUT2D eigenvalue weighted by Gasteiger charge is 2.34. The van der Waals surface area contributed by atoms with E-state index in [-0.39, 0.29) is 23.7 Å². The van der Waals surface area contributed by atoms with Crippen LogP contribution >= 0.6 is 11.3 Å². The third kappa shape index (κ3) is 5.46. The predicted octanol–water partition coefficient (Wildman–Crippen LogP) is 7.49. The van der Waals surface area contributed by atoms with Gasteiger partial charge in [-0.25, -0.2) is 0 Å². The van der Waals surface area contributed by atoms with Gasteiger partial charge < -0.3 is 15.4 Å². The van der Waals surface area contributed by atoms with Gasteiger partial charge in [0.05, 0.1) is 19.1 Å². The molecule has 0 saturated heterocycles. The summed E-state index contributed by atoms with van der Waals surface area (Å²) in [6.45, 7) is 6.84. The van der Waals surface area contributed by atoms with Crippen LogP contribution in [-0.2, 0) is 24.1 Å². The lowest BCUT2D eigenvalue weighted by atomic mass is 9.72. The molecule has 0 radical (unpaired) electrons. The summed E-state index contributed by atoms with van der Waals surface area (Å²) in [5.41, 5.74) is 3.53. The van der Waals surface area contributed by atoms with Gasteiger partial charge in [-0.05, 0) is 65.3 Å². The molecule has 0 saturated carbocycles. The van der Waals surface area contributed by atoms with Crippen LogP contribution in [-0.4, -0.2) is 18.9 Å². The number of hydrogen-bond donors (Lipinski definition) is 2. The Balaban J connectivity index is 1.45. The zero-order chi connectivity index (χ0) is 26.9. The number of carbonyl (C=O) groups is 2. The fraction of sp³-hybridized carbons (Fsp3) is 0.312. The van der Waals surface area contributed by atoms with Crippen molar-refractivity contribution in [3.8, 4) is 5.75 Å². The molecule has 1 heterocycles. The van der Waals surface area contributed by atoms with Gasteiger partial charge in [-0.2, -0.15) is 0 Å². The number of nitrogens with one attached hydrogen (secondary N) is 2. The number of methoxy groups -OCH3 is 1. The number of thiophene rings is 1. The molecule has 4 aromatic rings. The minimum absolute atomic E-state index is 0.139. The van der Waals surface area contributed by atoms with Crippen LogP contribution in [0.1, 0.15) is 53.6 Å². The quantitative estimate of drug-likeness (QED) is 0.273. The molecule has 2 amide bonds. The number of carbonyl (C=O) groups excluding carboxylic acids is 2. The second-order valence-corrected chi connectivity index (χ2v) is 12.2. The van der Waals surface area contributed by atoms with Crippen molar-refractivity contribution in [2.24, 2.45) is 11.3 Å². The van der Waals surface area contributed by atoms with Crippen molar-refractivity contribution in [1.29, 1.82) is 0 Å². The molecule has 6 heteroatoms. The smallest absolute Gasteiger partial charge is 0.258 e. The Bertz CT molecular complexity index is 1480. The summed E-state index contributed by atoms with van der Waals surface area (Å²) in [7, 11) is 1.62. The third-order valence-corrected chi connectivity index (χ3v) is 8.70. The number of ether oxygens (including phenoxy) is 1. The molecule has 0 bridgehead atoms. The van der Waals surface area contributed by atoms with Crippen molar-refractivity contribution < 1.29 is 14.3 Å². The van der Waals surface area contributed by atoms with Gasteiger partial charge in [-0.15, -0.1) is 11.3 Å². The number of hydrogen-bond acceptors (Lipinski definition) is 4. The Morgan fingerprint density at radius 1 is 0.974 bits per heavy atom. The van der Waals surface area contributed by atoms with E-state index in [0.29, 0.717) is 16.5 Å². The average molecular weight is 527 g/mol. The molecule has 38 heavy (non-hydrogen) atoms. The Morgan fingerprint density at radius 2 is 1.71 bits per heavy atom. The van der Waals surface area contributed by atoms with Crippen LogP contribution in [0.2, 0.25) is 0 Å². The minimum atomic E-state index is -0.173. The van der Waals surface area contributed by atoms with Crippen LogP contribution < -0.4 is 15.4 Å². The molecule has 0 fully saturated rings. The molecule has 0 spiro atoms. The van der Waals surface area contributed by atoms with Crippen molar-refractivity contribution in [3.63, 3.8) is 0 Å². The first-order valence-electron chi connectivity index (χ1n) is 13.1. The van der Waals surface area contributed by atoms with Gasteiger partial charge in [0, 0.05) is 16.0 Å². The number of fused-ring (bicyclic) bond motifs is 2. The molecule has 1 aromatic heterocycles. The molecule has 2 N–H and O–H groups in total. The fourth-order valence-corrected chi connectivity index (χ4v) is 6.61. The van der Waals surface area contributed by atoms with Gasteiger partial charge in [0.25, 0.3) is 5.91 Å². The first-order valence-corrected chi connectivity index (χ1v) is 13.9. The molecular formula is C32H34N2O3S. The van der Waals surface area contributed by atoms with Gasteiger partial charge >= 0.3 is 0 Å². The van der Waals surface area contributed by atoms with E-state index in [1.807, 2.05) is 66.7 Å². The SMILES string of the molecule is COc1ccc(CC(=O)Nc2sc3c(c2C(=O)Nc2cccc4ccccc24)CCC(C(C)(C)C)C3)cc1. The topological polar surface area (TPSA) is 67.4 Å². The van der Waals surface area contributed by atoms with E-state index in [9.17, 15) is 9.59 Å². The summed E-state index contributed by atoms with van der Waals surface area (Å²) in [4.78, 5) is 28.2. The summed E-state index contributed by atoms with van der Waals surface area (Å²) in [5.74, 6) is 0.972. The Kier molecular flexibility index (Phi) is 7.26. The maximum atomic E-state index is 13.8. The lowest BCUT2D eigenvalue weighted by Gasteiger charge is -2.33. The first kappa shape index (κ1) is 26.0. The number of rotatable bonds is 6. The van der Waals surface area contributed by atoms with Crippen molar-refractivity contribution >= 4 is 44.6 Å². The van der Waals surface area contributed by atoms with E-state index in [4.69, 9.17) is 4.74 Å². The van der Waals surface area contributed by atoms with Gasteiger partial charge in [0.2, 0.25) is 5.91 Å². The van der Waals surface area contributed by atoms with Crippen molar-refractivity contribution in [2.75, 3.05) is 17.7 Å². The number of amides is 2. The first-order chi connectivity index (χ1) is 18.2. The van der Waals surface area contributed by atoms with Gasteiger partial charge in [-0.3, -0.25) is 9.59 Å². The molecule has 1 atom stereocenters. The van der Waals surface area contributed by atoms with E-state index in [1.165, 1.54) is 4.88 Å². The van der Waals surface area contributed by atoms with Crippen molar-refractivity contribution in [2.45, 2.75) is 46.5 Å². The van der Waals surface area contributed by atoms with Crippen molar-refractivity contribution in [1.82, 2.24) is 0 Å². The highest BCUT2D eigenvalue weighted by molar-refractivity contribution is 7.17. The van der Waals surface area contributed by atoms with Gasteiger partial charge in [-0.1, -0.05) is 69.3 Å². The van der Waals surface area contributed by atoms with Crippen LogP contribution in [0.5, 0.6) is 5.75 Å². The zero-order valence-electron chi connectivity index (χ0n) is 22.4. The lowest BCUT2D eigenvalue weighted by Crippen LogP contribution is -2.27. The van der Waals surface area contributed by atoms with Crippen LogP contribution in [0, 0.1) is 11.3 Å². The summed E-state index contributed by atoms with van der Waals surface area (Å²) >= 11 is 1.56. The monoisotopic (exact) mass is 526 g/mol. The molecule has 1 aliphatic rings. The van der Waals surface area contributed by atoms with Crippen LogP contribution in [0.3, 0.4) is 0 Å². The second kappa shape index (κ2) is 10.6. The van der Waals surface area contributed by atoms with E-state index in [1.54, 1.807) is 18.4 Å². The normalized spacial score (nSPS) is 15.1. The predicted molar refractivity (Wildman–Crippen MR) is 157 cm³/mol. The highest BCUT2D eigenvalue weighted by atomic mass is 32.1. The van der Waals surface area contributed by atoms with E-state index in [0.717, 1.165) is 52.6 Å². The Hall–Kier alpha value is -3.64. The standard InChI is InChI=1S/C32H34N2O3S/c1-32(2,3)22-14-17-25-27(19-22)38-31(34-28(35)18-20-12-15-23(37-4)16-13-20)29(25)30(36)33-26-11-7-9-21-8-5-6-10-24(21)26/h5-13,15-16,22H,14,17-19H2,1-4H3,(H,33,36)(H,34,35). The molecule has 5 nitrogen and oxygen atoms in total. The summed E-state index contributed by atoms with van der Waals surface area (Å²) < 4.78 is 5.22. The largest absolute Gasteiger partial charge is 0.497 e. The van der Waals surface area contributed by atoms with E-state index in [2.05, 4.69) is 31.4 Å². The summed E-state index contributed by atoms with van der Waals surface area (Å²) in [5, 5.41) is 8.95. The molecule has 3 aromatic carbocycles. The molecule has 1 unspecified atom stereocenters. The zero-order valence-corrected chi connectivity index (χ0v) is 23.2. The number of benzene rings is 3. The molecule has 1 aliphatic carbocycles. The van der Waals surface area contributed by atoms with Crippen LogP contribution in [0.4, 0.5) is 10.7 Å². The molecule has 196 valence electrons. The molecule has 0 aliphatic heterocycles. The minimum Gasteiger partial charge on any atom is -0.497 e. The summed E-state index contributed by atoms with van der Waals surface area (Å²) in [6, 6.07) is 21.4. The fourth-order valence-electron chi connectivity index (χ4n) is 5.27. The maximum absolute atomic E-state index is 13.8. The highest BCUT2D eigenvalue weighted by Crippen LogP contribution is 2.44. The molecule has 5 rings (SSSR count). The Morgan fingerprint density at radius 3 is 2.45 bits per heavy atom. The molecular weight excluding hydrogens is 492 g/mol. The average Bonchev–Trinajstić information content (AvgIpc) is 3.25. The summed E-state index contributed by atoms with van der Waals surface area (Å²) in [6.07, 6.45) is 3.01. The third-order valence-electron chi connectivity index (χ3n) is 7.53. The second-order valence-electron chi connectivity index (χ2n) is 11.1.